The summed E-state index contributed by atoms with van der Waals surface area (Å²) in [6.45, 7) is 5.72. The molecule has 1 aromatic carbocycles. The van der Waals surface area contributed by atoms with Crippen molar-refractivity contribution in [2.45, 2.75) is 39.2 Å². The lowest BCUT2D eigenvalue weighted by molar-refractivity contribution is 0.0722. The summed E-state index contributed by atoms with van der Waals surface area (Å²) in [6, 6.07) is 6.11. The molecule has 0 spiro atoms. The van der Waals surface area contributed by atoms with Crippen LogP contribution in [0.5, 0.6) is 5.75 Å². The third-order valence-electron chi connectivity index (χ3n) is 2.61. The van der Waals surface area contributed by atoms with E-state index in [1.807, 2.05) is 26.0 Å². The van der Waals surface area contributed by atoms with Crippen LogP contribution >= 0.6 is 0 Å². The van der Waals surface area contributed by atoms with Crippen LogP contribution in [-0.4, -0.2) is 17.8 Å². The molecule has 0 unspecified atom stereocenters. The maximum Gasteiger partial charge on any atom is 0.126 e. The third-order valence-corrected chi connectivity index (χ3v) is 2.61. The lowest BCUT2D eigenvalue weighted by Gasteiger charge is -2.14. The van der Waals surface area contributed by atoms with E-state index in [1.165, 1.54) is 5.56 Å². The second-order valence-corrected chi connectivity index (χ2v) is 5.00. The zero-order valence-electron chi connectivity index (χ0n) is 11.2. The summed E-state index contributed by atoms with van der Waals surface area (Å²) in [4.78, 5) is 0. The van der Waals surface area contributed by atoms with Gasteiger partial charge in [-0.1, -0.05) is 23.8 Å². The van der Waals surface area contributed by atoms with Gasteiger partial charge in [-0.25, -0.2) is 0 Å². The van der Waals surface area contributed by atoms with Gasteiger partial charge in [-0.3, -0.25) is 0 Å². The van der Waals surface area contributed by atoms with Crippen molar-refractivity contribution in [1.82, 2.24) is 0 Å². The molecule has 0 aliphatic rings. The molecule has 0 radical (unpaired) electrons. The normalized spacial score (nSPS) is 12.1. The molecule has 2 heteroatoms. The number of aliphatic hydroxyl groups is 1. The Kier molecular flexibility index (Phi) is 4.76. The van der Waals surface area contributed by atoms with Gasteiger partial charge < -0.3 is 9.84 Å². The molecule has 2 nitrogen and oxygen atoms in total. The van der Waals surface area contributed by atoms with Crippen molar-refractivity contribution in [2.24, 2.45) is 0 Å². The van der Waals surface area contributed by atoms with Crippen molar-refractivity contribution in [3.63, 3.8) is 0 Å². The van der Waals surface area contributed by atoms with Gasteiger partial charge in [0.05, 0.1) is 12.7 Å². The highest BCUT2D eigenvalue weighted by molar-refractivity contribution is 5.58. The van der Waals surface area contributed by atoms with E-state index in [-0.39, 0.29) is 0 Å². The van der Waals surface area contributed by atoms with Gasteiger partial charge in [0, 0.05) is 5.56 Å². The maximum atomic E-state index is 9.60. The molecule has 0 saturated carbocycles. The highest BCUT2D eigenvalue weighted by Crippen LogP contribution is 2.21. The molecular formula is C15H22O2. The number of methoxy groups -OCH3 is 1. The maximum absolute atomic E-state index is 9.60. The number of allylic oxidation sites excluding steroid dienone is 1. The molecule has 0 aliphatic carbocycles. The molecule has 0 fully saturated rings. The fourth-order valence-corrected chi connectivity index (χ4v) is 1.63. The molecule has 0 aromatic heterocycles. The van der Waals surface area contributed by atoms with Gasteiger partial charge in [-0.05, 0) is 45.7 Å². The number of ether oxygens (including phenoxy) is 1. The SMILES string of the molecule is COc1ccc(C)cc1/C=C/CCC(C)(C)O. The molecule has 0 amide bonds. The van der Waals surface area contributed by atoms with Crippen LogP contribution in [0.4, 0.5) is 0 Å². The second-order valence-electron chi connectivity index (χ2n) is 5.00. The molecular weight excluding hydrogens is 212 g/mol. The Labute approximate surface area is 104 Å². The van der Waals surface area contributed by atoms with Gasteiger partial charge in [-0.2, -0.15) is 0 Å². The van der Waals surface area contributed by atoms with E-state index in [9.17, 15) is 5.11 Å². The lowest BCUT2D eigenvalue weighted by Crippen LogP contribution is -2.17. The van der Waals surface area contributed by atoms with Gasteiger partial charge >= 0.3 is 0 Å². The highest BCUT2D eigenvalue weighted by Gasteiger charge is 2.09. The summed E-state index contributed by atoms with van der Waals surface area (Å²) in [7, 11) is 1.68. The predicted molar refractivity (Wildman–Crippen MR) is 72.3 cm³/mol. The van der Waals surface area contributed by atoms with Gasteiger partial charge in [0.2, 0.25) is 0 Å². The van der Waals surface area contributed by atoms with E-state index < -0.39 is 5.60 Å². The minimum atomic E-state index is -0.596. The van der Waals surface area contributed by atoms with Crippen molar-refractivity contribution in [3.8, 4) is 5.75 Å². The minimum Gasteiger partial charge on any atom is -0.496 e. The standard InChI is InChI=1S/C15H22O2/c1-12-8-9-14(17-4)13(11-12)7-5-6-10-15(2,3)16/h5,7-9,11,16H,6,10H2,1-4H3/b7-5+. The zero-order valence-corrected chi connectivity index (χ0v) is 11.2. The van der Waals surface area contributed by atoms with Gasteiger partial charge in [-0.15, -0.1) is 0 Å². The minimum absolute atomic E-state index is 0.596. The topological polar surface area (TPSA) is 29.5 Å². The number of hydrogen-bond donors (Lipinski definition) is 1. The Morgan fingerprint density at radius 1 is 1.35 bits per heavy atom. The van der Waals surface area contributed by atoms with E-state index in [4.69, 9.17) is 4.74 Å². The Bertz CT molecular complexity index is 386. The van der Waals surface area contributed by atoms with E-state index in [0.717, 1.165) is 24.2 Å². The summed E-state index contributed by atoms with van der Waals surface area (Å²) >= 11 is 0. The van der Waals surface area contributed by atoms with Crippen LogP contribution in [-0.2, 0) is 0 Å². The van der Waals surface area contributed by atoms with Crippen molar-refractivity contribution >= 4 is 6.08 Å². The average Bonchev–Trinajstić information content (AvgIpc) is 2.23. The zero-order chi connectivity index (χ0) is 12.9. The number of aryl methyl sites for hydroxylation is 1. The van der Waals surface area contributed by atoms with Gasteiger partial charge in [0.25, 0.3) is 0 Å². The fourth-order valence-electron chi connectivity index (χ4n) is 1.63. The summed E-state index contributed by atoms with van der Waals surface area (Å²) < 4.78 is 5.30. The number of hydrogen-bond acceptors (Lipinski definition) is 2. The molecule has 0 bridgehead atoms. The Morgan fingerprint density at radius 2 is 2.06 bits per heavy atom. The van der Waals surface area contributed by atoms with Gasteiger partial charge in [0.15, 0.2) is 0 Å². The molecule has 94 valence electrons. The van der Waals surface area contributed by atoms with Crippen LogP contribution < -0.4 is 4.74 Å². The van der Waals surface area contributed by atoms with Crippen molar-refractivity contribution < 1.29 is 9.84 Å². The first-order chi connectivity index (χ1) is 7.92. The fraction of sp³-hybridized carbons (Fsp3) is 0.467. The summed E-state index contributed by atoms with van der Waals surface area (Å²) in [5, 5.41) is 9.60. The predicted octanol–water partition coefficient (Wildman–Crippen LogP) is 3.57. The second kappa shape index (κ2) is 5.87. The highest BCUT2D eigenvalue weighted by atomic mass is 16.5. The Balaban J connectivity index is 2.67. The first-order valence-corrected chi connectivity index (χ1v) is 5.96. The van der Waals surface area contributed by atoms with E-state index >= 15 is 0 Å². The quantitative estimate of drug-likeness (QED) is 0.844. The van der Waals surface area contributed by atoms with Crippen molar-refractivity contribution in [2.75, 3.05) is 7.11 Å². The van der Waals surface area contributed by atoms with Crippen LogP contribution in [0.25, 0.3) is 6.08 Å². The van der Waals surface area contributed by atoms with Crippen molar-refractivity contribution in [3.05, 3.63) is 35.4 Å². The molecule has 17 heavy (non-hydrogen) atoms. The molecule has 0 atom stereocenters. The molecule has 1 aromatic rings. The number of rotatable bonds is 5. The molecule has 0 aliphatic heterocycles. The van der Waals surface area contributed by atoms with Crippen LogP contribution in [0.3, 0.4) is 0 Å². The Hall–Kier alpha value is -1.28. The third kappa shape index (κ3) is 5.05. The first kappa shape index (κ1) is 13.8. The average molecular weight is 234 g/mol. The smallest absolute Gasteiger partial charge is 0.126 e. The van der Waals surface area contributed by atoms with E-state index in [1.54, 1.807) is 7.11 Å². The first-order valence-electron chi connectivity index (χ1n) is 5.96. The van der Waals surface area contributed by atoms with Crippen LogP contribution in [0.15, 0.2) is 24.3 Å². The monoisotopic (exact) mass is 234 g/mol. The molecule has 1 N–H and O–H groups in total. The van der Waals surface area contributed by atoms with Crippen molar-refractivity contribution in [1.29, 1.82) is 0 Å². The summed E-state index contributed by atoms with van der Waals surface area (Å²) in [6.07, 6.45) is 5.76. The largest absolute Gasteiger partial charge is 0.496 e. The van der Waals surface area contributed by atoms with Gasteiger partial charge in [0.1, 0.15) is 5.75 Å². The molecule has 0 saturated heterocycles. The Morgan fingerprint density at radius 3 is 2.65 bits per heavy atom. The lowest BCUT2D eigenvalue weighted by atomic mass is 10.0. The van der Waals surface area contributed by atoms with Crippen LogP contribution in [0.2, 0.25) is 0 Å². The summed E-state index contributed by atoms with van der Waals surface area (Å²) in [5.41, 5.74) is 1.71. The van der Waals surface area contributed by atoms with E-state index in [0.29, 0.717) is 0 Å². The van der Waals surface area contributed by atoms with E-state index in [2.05, 4.69) is 25.1 Å². The summed E-state index contributed by atoms with van der Waals surface area (Å²) in [5.74, 6) is 0.884. The molecule has 1 rings (SSSR count). The van der Waals surface area contributed by atoms with Crippen LogP contribution in [0, 0.1) is 6.92 Å². The molecule has 0 heterocycles. The van der Waals surface area contributed by atoms with Crippen LogP contribution in [0.1, 0.15) is 37.8 Å². The number of benzene rings is 1.